The van der Waals surface area contributed by atoms with Gasteiger partial charge < -0.3 is 35.4 Å². The standard InChI is InChI=1S/C6H8O6.C6H10O4/c7-1-2(8)5-3(9)4(10)6(11)12-5;1-2-4(6(9)10)3-5(7)8/h2,5,7-10H,1H2;4H,2-3H2,1H3,(H,7,8)(H,9,10)/t2-,5+;/m0./s1. The van der Waals surface area contributed by atoms with Crippen LogP contribution in [0, 0.1) is 5.92 Å². The highest BCUT2D eigenvalue weighted by molar-refractivity contribution is 5.89. The summed E-state index contributed by atoms with van der Waals surface area (Å²) < 4.78 is 4.32. The molecule has 22 heavy (non-hydrogen) atoms. The average molecular weight is 322 g/mol. The Balaban J connectivity index is 0.000000409. The normalized spacial score (nSPS) is 19.8. The van der Waals surface area contributed by atoms with E-state index in [1.54, 1.807) is 6.92 Å². The first-order valence-corrected chi connectivity index (χ1v) is 6.22. The lowest BCUT2D eigenvalue weighted by Gasteiger charge is -2.13. The first-order valence-electron chi connectivity index (χ1n) is 6.22. The van der Waals surface area contributed by atoms with Crippen molar-refractivity contribution in [1.29, 1.82) is 0 Å². The van der Waals surface area contributed by atoms with Crippen LogP contribution in [-0.2, 0) is 19.1 Å². The zero-order valence-electron chi connectivity index (χ0n) is 11.7. The Morgan fingerprint density at radius 2 is 1.82 bits per heavy atom. The van der Waals surface area contributed by atoms with Crippen molar-refractivity contribution in [3.05, 3.63) is 11.5 Å². The van der Waals surface area contributed by atoms with E-state index >= 15 is 0 Å². The van der Waals surface area contributed by atoms with E-state index in [4.69, 9.17) is 30.6 Å². The molecule has 0 amide bonds. The predicted molar refractivity (Wildman–Crippen MR) is 68.9 cm³/mol. The predicted octanol–water partition coefficient (Wildman–Crippen LogP) is -0.835. The molecule has 10 heteroatoms. The third kappa shape index (κ3) is 5.58. The topological polar surface area (TPSA) is 182 Å². The highest BCUT2D eigenvalue weighted by atomic mass is 16.6. The minimum atomic E-state index is -1.42. The maximum atomic E-state index is 10.5. The number of aliphatic hydroxyl groups excluding tert-OH is 4. The van der Waals surface area contributed by atoms with Crippen LogP contribution in [0.1, 0.15) is 19.8 Å². The number of carbonyl (C=O) groups excluding carboxylic acids is 1. The number of hydrogen-bond acceptors (Lipinski definition) is 8. The molecule has 0 aliphatic carbocycles. The van der Waals surface area contributed by atoms with E-state index < -0.39 is 54.2 Å². The second-order valence-electron chi connectivity index (χ2n) is 4.35. The van der Waals surface area contributed by atoms with E-state index in [-0.39, 0.29) is 6.42 Å². The summed E-state index contributed by atoms with van der Waals surface area (Å²) in [5, 5.41) is 51.6. The van der Waals surface area contributed by atoms with Crippen molar-refractivity contribution in [3.8, 4) is 0 Å². The minimum Gasteiger partial charge on any atom is -0.505 e. The molecular weight excluding hydrogens is 304 g/mol. The SMILES string of the molecule is CCC(CC(=O)O)C(=O)O.O=C1O[C@H]([C@@H](O)CO)C(O)=C1O. The Morgan fingerprint density at radius 1 is 1.27 bits per heavy atom. The summed E-state index contributed by atoms with van der Waals surface area (Å²) >= 11 is 0. The lowest BCUT2D eigenvalue weighted by Crippen LogP contribution is -2.31. The number of aliphatic carboxylic acids is 2. The van der Waals surface area contributed by atoms with Gasteiger partial charge in [0.15, 0.2) is 11.9 Å². The molecular formula is C12H18O10. The Labute approximate surface area is 124 Å². The Kier molecular flexibility index (Phi) is 7.91. The molecule has 1 aliphatic rings. The van der Waals surface area contributed by atoms with Crippen LogP contribution in [0.5, 0.6) is 0 Å². The quantitative estimate of drug-likeness (QED) is 0.337. The molecule has 10 nitrogen and oxygen atoms in total. The zero-order valence-corrected chi connectivity index (χ0v) is 11.7. The first-order chi connectivity index (χ1) is 10.1. The van der Waals surface area contributed by atoms with Crippen LogP contribution in [0.25, 0.3) is 0 Å². The summed E-state index contributed by atoms with van der Waals surface area (Å²) in [6.07, 6.45) is -2.70. The molecule has 0 aromatic rings. The molecule has 0 bridgehead atoms. The summed E-state index contributed by atoms with van der Waals surface area (Å²) in [6, 6.07) is 0. The zero-order chi connectivity index (χ0) is 17.4. The maximum absolute atomic E-state index is 10.5. The number of ether oxygens (including phenoxy) is 1. The number of aliphatic hydroxyl groups is 4. The molecule has 0 aromatic carbocycles. The first kappa shape index (κ1) is 19.7. The van der Waals surface area contributed by atoms with Crippen LogP contribution in [0.15, 0.2) is 11.5 Å². The van der Waals surface area contributed by atoms with Crippen molar-refractivity contribution in [1.82, 2.24) is 0 Å². The highest BCUT2D eigenvalue weighted by Crippen LogP contribution is 2.20. The Bertz CT molecular complexity index is 455. The van der Waals surface area contributed by atoms with Gasteiger partial charge in [-0.15, -0.1) is 0 Å². The summed E-state index contributed by atoms with van der Waals surface area (Å²) in [5.74, 6) is -5.62. The van der Waals surface area contributed by atoms with Crippen molar-refractivity contribution < 1.29 is 49.8 Å². The van der Waals surface area contributed by atoms with Gasteiger partial charge in [0.25, 0.3) is 0 Å². The second-order valence-corrected chi connectivity index (χ2v) is 4.35. The molecule has 3 atom stereocenters. The smallest absolute Gasteiger partial charge is 0.377 e. The van der Waals surface area contributed by atoms with Crippen LogP contribution in [0.4, 0.5) is 0 Å². The van der Waals surface area contributed by atoms with Gasteiger partial charge in [-0.25, -0.2) is 4.79 Å². The molecule has 0 spiro atoms. The molecule has 1 aliphatic heterocycles. The Morgan fingerprint density at radius 3 is 2.05 bits per heavy atom. The van der Waals surface area contributed by atoms with Gasteiger partial charge in [0, 0.05) is 0 Å². The van der Waals surface area contributed by atoms with E-state index in [2.05, 4.69) is 4.74 Å². The number of carboxylic acids is 2. The van der Waals surface area contributed by atoms with Gasteiger partial charge in [-0.2, -0.15) is 0 Å². The van der Waals surface area contributed by atoms with Gasteiger partial charge in [0.2, 0.25) is 5.76 Å². The fourth-order valence-electron chi connectivity index (χ4n) is 1.44. The third-order valence-corrected chi connectivity index (χ3v) is 2.74. The van der Waals surface area contributed by atoms with Crippen molar-refractivity contribution in [2.75, 3.05) is 6.61 Å². The van der Waals surface area contributed by atoms with Crippen molar-refractivity contribution in [2.24, 2.45) is 5.92 Å². The fraction of sp³-hybridized carbons (Fsp3) is 0.583. The second kappa shape index (κ2) is 8.85. The van der Waals surface area contributed by atoms with Crippen molar-refractivity contribution in [3.63, 3.8) is 0 Å². The lowest BCUT2D eigenvalue weighted by molar-refractivity contribution is -0.148. The number of carbonyl (C=O) groups is 3. The van der Waals surface area contributed by atoms with Crippen molar-refractivity contribution >= 4 is 17.9 Å². The van der Waals surface area contributed by atoms with Crippen LogP contribution in [-0.4, -0.2) is 67.4 Å². The lowest BCUT2D eigenvalue weighted by atomic mass is 10.0. The van der Waals surface area contributed by atoms with Gasteiger partial charge in [0.05, 0.1) is 18.9 Å². The average Bonchev–Trinajstić information content (AvgIpc) is 2.71. The van der Waals surface area contributed by atoms with Crippen LogP contribution < -0.4 is 0 Å². The summed E-state index contributed by atoms with van der Waals surface area (Å²) in [4.78, 5) is 30.7. The number of hydrogen-bond donors (Lipinski definition) is 6. The van der Waals surface area contributed by atoms with E-state index in [0.717, 1.165) is 0 Å². The molecule has 6 N–H and O–H groups in total. The Hall–Kier alpha value is -2.33. The van der Waals surface area contributed by atoms with Gasteiger partial charge in [-0.1, -0.05) is 6.92 Å². The van der Waals surface area contributed by atoms with E-state index in [0.29, 0.717) is 6.42 Å². The maximum Gasteiger partial charge on any atom is 0.377 e. The molecule has 1 unspecified atom stereocenters. The van der Waals surface area contributed by atoms with Crippen LogP contribution >= 0.6 is 0 Å². The summed E-state index contributed by atoms with van der Waals surface area (Å²) in [7, 11) is 0. The number of rotatable bonds is 6. The van der Waals surface area contributed by atoms with E-state index in [9.17, 15) is 14.4 Å². The summed E-state index contributed by atoms with van der Waals surface area (Å²) in [6.45, 7) is 0.983. The monoisotopic (exact) mass is 322 g/mol. The van der Waals surface area contributed by atoms with E-state index in [1.165, 1.54) is 0 Å². The van der Waals surface area contributed by atoms with Gasteiger partial charge in [-0.3, -0.25) is 9.59 Å². The largest absolute Gasteiger partial charge is 0.505 e. The molecule has 1 rings (SSSR count). The number of carboxylic acid groups (broad SMARTS) is 2. The molecule has 0 saturated carbocycles. The van der Waals surface area contributed by atoms with Gasteiger partial charge >= 0.3 is 17.9 Å². The van der Waals surface area contributed by atoms with Crippen LogP contribution in [0.2, 0.25) is 0 Å². The summed E-state index contributed by atoms with van der Waals surface area (Å²) in [5.41, 5.74) is 0. The van der Waals surface area contributed by atoms with Crippen molar-refractivity contribution in [2.45, 2.75) is 32.0 Å². The molecule has 126 valence electrons. The molecule has 0 fully saturated rings. The third-order valence-electron chi connectivity index (χ3n) is 2.74. The van der Waals surface area contributed by atoms with Crippen LogP contribution in [0.3, 0.4) is 0 Å². The molecule has 0 aromatic heterocycles. The number of cyclic esters (lactones) is 1. The molecule has 0 radical (unpaired) electrons. The number of esters is 1. The fourth-order valence-corrected chi connectivity index (χ4v) is 1.44. The van der Waals surface area contributed by atoms with E-state index in [1.807, 2.05) is 0 Å². The molecule has 1 heterocycles. The minimum absolute atomic E-state index is 0.286. The van der Waals surface area contributed by atoms with Gasteiger partial charge in [0.1, 0.15) is 6.10 Å². The van der Waals surface area contributed by atoms with Gasteiger partial charge in [-0.05, 0) is 6.42 Å². The molecule has 0 saturated heterocycles. The highest BCUT2D eigenvalue weighted by Gasteiger charge is 2.38.